The zero-order valence-electron chi connectivity index (χ0n) is 15.7. The van der Waals surface area contributed by atoms with Gasteiger partial charge in [0, 0.05) is 19.3 Å². The summed E-state index contributed by atoms with van der Waals surface area (Å²) in [6.07, 6.45) is 3.26. The van der Waals surface area contributed by atoms with E-state index in [-0.39, 0.29) is 11.5 Å². The molecular formula is C21H18N4O2S2. The Labute approximate surface area is 177 Å². The van der Waals surface area contributed by atoms with Crippen molar-refractivity contribution in [1.29, 1.82) is 0 Å². The highest BCUT2D eigenvalue weighted by atomic mass is 32.2. The van der Waals surface area contributed by atoms with Crippen LogP contribution in [-0.2, 0) is 11.3 Å². The molecule has 0 spiro atoms. The first-order valence-corrected chi connectivity index (χ1v) is 10.4. The molecule has 6 nitrogen and oxygen atoms in total. The van der Waals surface area contributed by atoms with Crippen LogP contribution in [0.1, 0.15) is 18.1 Å². The number of carbonyl (C=O) groups excluding carboxylic acids is 1. The Kier molecular flexibility index (Phi) is 5.46. The summed E-state index contributed by atoms with van der Waals surface area (Å²) in [5.74, 6) is 0.251. The van der Waals surface area contributed by atoms with E-state index in [0.717, 1.165) is 5.56 Å². The molecule has 0 saturated carbocycles. The van der Waals surface area contributed by atoms with Crippen LogP contribution in [0.15, 0.2) is 64.4 Å². The monoisotopic (exact) mass is 422 g/mol. The molecule has 29 heavy (non-hydrogen) atoms. The molecule has 8 heteroatoms. The molecule has 1 fully saturated rings. The fourth-order valence-corrected chi connectivity index (χ4v) is 4.42. The van der Waals surface area contributed by atoms with Gasteiger partial charge >= 0.3 is 0 Å². The number of amides is 1. The highest BCUT2D eigenvalue weighted by Crippen LogP contribution is 2.32. The standard InChI is InChI=1S/C21H18N4O2S2/c1-2-24-20(27)16(29-21(24)28)12-15-18(22-13-14-8-4-3-5-9-14)23-17-10-6-7-11-25(17)19(15)26/h3-12,22H,2,13H2,1H3/b16-12-. The van der Waals surface area contributed by atoms with Gasteiger partial charge in [-0.3, -0.25) is 18.9 Å². The SMILES string of the molecule is CCN1C(=O)/C(=C/c2c(NCc3ccccc3)nc3ccccn3c2=O)SC1=S. The zero-order valence-corrected chi connectivity index (χ0v) is 17.3. The maximum atomic E-state index is 13.2. The first-order chi connectivity index (χ1) is 14.1. The number of thioether (sulfide) groups is 1. The molecule has 0 bridgehead atoms. The van der Waals surface area contributed by atoms with Crippen molar-refractivity contribution < 1.29 is 4.79 Å². The van der Waals surface area contributed by atoms with E-state index in [0.29, 0.717) is 39.3 Å². The van der Waals surface area contributed by atoms with Crippen LogP contribution in [0.3, 0.4) is 0 Å². The molecule has 0 aliphatic carbocycles. The molecule has 1 N–H and O–H groups in total. The Morgan fingerprint density at radius 2 is 1.90 bits per heavy atom. The maximum absolute atomic E-state index is 13.2. The summed E-state index contributed by atoms with van der Waals surface area (Å²) in [6, 6.07) is 15.2. The van der Waals surface area contributed by atoms with Crippen molar-refractivity contribution in [3.8, 4) is 0 Å². The summed E-state index contributed by atoms with van der Waals surface area (Å²) in [4.78, 5) is 32.3. The largest absolute Gasteiger partial charge is 0.365 e. The van der Waals surface area contributed by atoms with Gasteiger partial charge in [0.2, 0.25) is 0 Å². The number of hydrogen-bond donors (Lipinski definition) is 1. The Bertz CT molecular complexity index is 1190. The van der Waals surface area contributed by atoms with E-state index in [2.05, 4.69) is 10.3 Å². The average Bonchev–Trinajstić information content (AvgIpc) is 3.02. The van der Waals surface area contributed by atoms with Gasteiger partial charge in [-0.1, -0.05) is 60.4 Å². The van der Waals surface area contributed by atoms with Gasteiger partial charge in [-0.25, -0.2) is 4.98 Å². The smallest absolute Gasteiger partial charge is 0.267 e. The van der Waals surface area contributed by atoms with Crippen LogP contribution in [-0.4, -0.2) is 31.1 Å². The highest BCUT2D eigenvalue weighted by Gasteiger charge is 2.31. The summed E-state index contributed by atoms with van der Waals surface area (Å²) >= 11 is 6.48. The molecule has 1 aromatic carbocycles. The molecule has 1 aliphatic rings. The van der Waals surface area contributed by atoms with E-state index in [9.17, 15) is 9.59 Å². The molecule has 4 rings (SSSR count). The van der Waals surface area contributed by atoms with Crippen LogP contribution in [0, 0.1) is 0 Å². The number of nitrogens with zero attached hydrogens (tertiary/aromatic N) is 3. The number of pyridine rings is 1. The predicted octanol–water partition coefficient (Wildman–Crippen LogP) is 3.53. The number of nitrogens with one attached hydrogen (secondary N) is 1. The Hall–Kier alpha value is -2.97. The van der Waals surface area contributed by atoms with Crippen LogP contribution in [0.4, 0.5) is 5.82 Å². The Balaban J connectivity index is 1.80. The molecule has 0 unspecified atom stereocenters. The third-order valence-corrected chi connectivity index (χ3v) is 5.91. The lowest BCUT2D eigenvalue weighted by atomic mass is 10.2. The molecule has 146 valence electrons. The second-order valence-electron chi connectivity index (χ2n) is 6.37. The third kappa shape index (κ3) is 3.81. The van der Waals surface area contributed by atoms with Gasteiger partial charge in [-0.15, -0.1) is 0 Å². The number of thiocarbonyl (C=S) groups is 1. The van der Waals surface area contributed by atoms with Crippen molar-refractivity contribution in [3.05, 3.63) is 81.1 Å². The lowest BCUT2D eigenvalue weighted by Gasteiger charge is -2.11. The molecule has 0 atom stereocenters. The van der Waals surface area contributed by atoms with Crippen LogP contribution in [0.25, 0.3) is 11.7 Å². The number of carbonyl (C=O) groups is 1. The number of likely N-dealkylation sites (N-methyl/N-ethyl adjacent to an activating group) is 1. The van der Waals surface area contributed by atoms with Crippen LogP contribution in [0.5, 0.6) is 0 Å². The molecule has 0 radical (unpaired) electrons. The lowest BCUT2D eigenvalue weighted by Crippen LogP contribution is -2.27. The van der Waals surface area contributed by atoms with E-state index in [1.807, 2.05) is 43.3 Å². The number of fused-ring (bicyclic) bond motifs is 1. The molecule has 1 saturated heterocycles. The minimum atomic E-state index is -0.243. The average molecular weight is 423 g/mol. The Morgan fingerprint density at radius 3 is 2.62 bits per heavy atom. The Morgan fingerprint density at radius 1 is 1.14 bits per heavy atom. The zero-order chi connectivity index (χ0) is 20.4. The topological polar surface area (TPSA) is 66.7 Å². The fourth-order valence-electron chi connectivity index (χ4n) is 3.05. The third-order valence-electron chi connectivity index (χ3n) is 4.54. The molecule has 3 aromatic rings. The lowest BCUT2D eigenvalue weighted by molar-refractivity contribution is -0.121. The highest BCUT2D eigenvalue weighted by molar-refractivity contribution is 8.26. The van der Waals surface area contributed by atoms with Crippen LogP contribution >= 0.6 is 24.0 Å². The van der Waals surface area contributed by atoms with Crippen molar-refractivity contribution in [2.75, 3.05) is 11.9 Å². The normalized spacial score (nSPS) is 15.5. The summed E-state index contributed by atoms with van der Waals surface area (Å²) in [5, 5.41) is 3.25. The summed E-state index contributed by atoms with van der Waals surface area (Å²) in [5.41, 5.74) is 1.69. The number of aromatic nitrogens is 2. The maximum Gasteiger partial charge on any atom is 0.267 e. The van der Waals surface area contributed by atoms with E-state index in [1.165, 1.54) is 21.1 Å². The van der Waals surface area contributed by atoms with Crippen LogP contribution < -0.4 is 10.9 Å². The first kappa shape index (κ1) is 19.4. The van der Waals surface area contributed by atoms with Crippen molar-refractivity contribution in [2.45, 2.75) is 13.5 Å². The van der Waals surface area contributed by atoms with Crippen LogP contribution in [0.2, 0.25) is 0 Å². The van der Waals surface area contributed by atoms with Gasteiger partial charge in [0.05, 0.1) is 10.5 Å². The van der Waals surface area contributed by atoms with Crippen molar-refractivity contribution >= 4 is 51.7 Å². The number of rotatable bonds is 5. The minimum Gasteiger partial charge on any atom is -0.365 e. The molecular weight excluding hydrogens is 404 g/mol. The molecule has 2 aromatic heterocycles. The van der Waals surface area contributed by atoms with Crippen molar-refractivity contribution in [2.24, 2.45) is 0 Å². The quantitative estimate of drug-likeness (QED) is 0.501. The molecule has 1 aliphatic heterocycles. The summed E-state index contributed by atoms with van der Waals surface area (Å²) < 4.78 is 1.97. The summed E-state index contributed by atoms with van der Waals surface area (Å²) in [7, 11) is 0. The number of hydrogen-bond acceptors (Lipinski definition) is 6. The first-order valence-electron chi connectivity index (χ1n) is 9.13. The van der Waals surface area contributed by atoms with Crippen molar-refractivity contribution in [3.63, 3.8) is 0 Å². The molecule has 3 heterocycles. The minimum absolute atomic E-state index is 0.186. The van der Waals surface area contributed by atoms with Gasteiger partial charge in [0.15, 0.2) is 0 Å². The van der Waals surface area contributed by atoms with Gasteiger partial charge in [0.1, 0.15) is 15.8 Å². The van der Waals surface area contributed by atoms with E-state index >= 15 is 0 Å². The van der Waals surface area contributed by atoms with E-state index in [4.69, 9.17) is 12.2 Å². The fraction of sp³-hybridized carbons (Fsp3) is 0.143. The van der Waals surface area contributed by atoms with Crippen molar-refractivity contribution in [1.82, 2.24) is 14.3 Å². The van der Waals surface area contributed by atoms with Gasteiger partial charge < -0.3 is 5.32 Å². The second kappa shape index (κ2) is 8.18. The summed E-state index contributed by atoms with van der Waals surface area (Å²) in [6.45, 7) is 2.87. The number of benzene rings is 1. The van der Waals surface area contributed by atoms with E-state index in [1.54, 1.807) is 24.4 Å². The predicted molar refractivity (Wildman–Crippen MR) is 121 cm³/mol. The second-order valence-corrected chi connectivity index (χ2v) is 8.05. The molecule has 1 amide bonds. The van der Waals surface area contributed by atoms with E-state index < -0.39 is 0 Å². The van der Waals surface area contributed by atoms with Gasteiger partial charge in [0.25, 0.3) is 11.5 Å². The van der Waals surface area contributed by atoms with Gasteiger partial charge in [-0.2, -0.15) is 0 Å². The number of anilines is 1. The van der Waals surface area contributed by atoms with Gasteiger partial charge in [-0.05, 0) is 30.7 Å².